The SMILES string of the molecule is COC(=O)c1cncc(N2CCC2N2CCN(C3CCC(N)C(n4nc(-c5ccc(Oc6ccccc6)cc5)c5c(N)ncnc54)C3)CC2)c1. The zero-order valence-corrected chi connectivity index (χ0v) is 28.1. The van der Waals surface area contributed by atoms with Crippen LogP contribution in [0.15, 0.2) is 79.4 Å². The summed E-state index contributed by atoms with van der Waals surface area (Å²) in [6.07, 6.45) is 9.12. The Morgan fingerprint density at radius 3 is 2.38 bits per heavy atom. The first-order chi connectivity index (χ1) is 24.5. The van der Waals surface area contributed by atoms with E-state index in [1.165, 1.54) is 13.4 Å². The highest BCUT2D eigenvalue weighted by Crippen LogP contribution is 2.38. The lowest BCUT2D eigenvalue weighted by Crippen LogP contribution is -2.63. The number of hydrogen-bond acceptors (Lipinski definition) is 12. The number of aromatic nitrogens is 5. The van der Waals surface area contributed by atoms with E-state index in [0.717, 1.165) is 92.2 Å². The Bertz CT molecular complexity index is 1960. The summed E-state index contributed by atoms with van der Waals surface area (Å²) in [4.78, 5) is 32.9. The molecule has 1 saturated carbocycles. The second-order valence-corrected chi connectivity index (χ2v) is 13.3. The van der Waals surface area contributed by atoms with E-state index in [0.29, 0.717) is 29.2 Å². The lowest BCUT2D eigenvalue weighted by molar-refractivity contribution is 0.0312. The monoisotopic (exact) mass is 674 g/mol. The van der Waals surface area contributed by atoms with Crippen LogP contribution in [0.2, 0.25) is 0 Å². The molecule has 4 atom stereocenters. The van der Waals surface area contributed by atoms with Crippen LogP contribution in [-0.2, 0) is 4.74 Å². The standard InChI is InChI=1S/C37H42N10O3/c1-49-37(48)25-19-27(22-40-21-25)46-14-13-32(46)45-17-15-44(16-18-45)26-9-12-30(38)31(20-26)47-36-33(35(39)41-23-42-36)34(43-47)24-7-10-29(11-8-24)50-28-5-3-2-4-6-28/h2-8,10-11,19,21-23,26,30-32H,9,12-18,20,38H2,1H3,(H2,39,41,42). The number of pyridine rings is 1. The quantitative estimate of drug-likeness (QED) is 0.225. The maximum absolute atomic E-state index is 12.1. The largest absolute Gasteiger partial charge is 0.465 e. The first kappa shape index (κ1) is 32.1. The van der Waals surface area contributed by atoms with E-state index in [1.54, 1.807) is 6.20 Å². The lowest BCUT2D eigenvalue weighted by Gasteiger charge is -2.52. The molecule has 0 spiro atoms. The van der Waals surface area contributed by atoms with Crippen molar-refractivity contribution in [1.82, 2.24) is 34.5 Å². The fraction of sp³-hybridized carbons (Fsp3) is 0.378. The molecular formula is C37H42N10O3. The number of anilines is 2. The molecule has 8 rings (SSSR count). The van der Waals surface area contributed by atoms with Crippen LogP contribution in [0.25, 0.3) is 22.3 Å². The van der Waals surface area contributed by atoms with Gasteiger partial charge in [0, 0.05) is 56.6 Å². The normalized spacial score (nSPS) is 23.0. The number of nitrogen functional groups attached to an aromatic ring is 1. The van der Waals surface area contributed by atoms with Gasteiger partial charge in [-0.3, -0.25) is 14.8 Å². The Labute approximate surface area is 290 Å². The van der Waals surface area contributed by atoms with Gasteiger partial charge in [0.2, 0.25) is 0 Å². The molecule has 5 heterocycles. The molecule has 50 heavy (non-hydrogen) atoms. The van der Waals surface area contributed by atoms with E-state index in [1.807, 2.05) is 71.5 Å². The molecule has 13 nitrogen and oxygen atoms in total. The summed E-state index contributed by atoms with van der Waals surface area (Å²) in [5, 5.41) is 5.89. The molecule has 4 N–H and O–H groups in total. The summed E-state index contributed by atoms with van der Waals surface area (Å²) in [7, 11) is 1.39. The third kappa shape index (κ3) is 6.12. The van der Waals surface area contributed by atoms with Gasteiger partial charge < -0.3 is 25.8 Å². The van der Waals surface area contributed by atoms with Gasteiger partial charge in [-0.05, 0) is 68.1 Å². The number of piperazine rings is 1. The van der Waals surface area contributed by atoms with Crippen molar-refractivity contribution in [2.24, 2.45) is 5.73 Å². The number of methoxy groups -OCH3 is 1. The fourth-order valence-corrected chi connectivity index (χ4v) is 7.77. The highest BCUT2D eigenvalue weighted by atomic mass is 16.5. The smallest absolute Gasteiger partial charge is 0.339 e. The average Bonchev–Trinajstić information content (AvgIpc) is 3.53. The number of fused-ring (bicyclic) bond motifs is 1. The Balaban J connectivity index is 0.966. The number of para-hydroxylation sites is 1. The first-order valence-corrected chi connectivity index (χ1v) is 17.3. The summed E-state index contributed by atoms with van der Waals surface area (Å²) in [5.74, 6) is 1.55. The van der Waals surface area contributed by atoms with Crippen LogP contribution in [-0.4, -0.2) is 98.6 Å². The first-order valence-electron chi connectivity index (χ1n) is 17.3. The summed E-state index contributed by atoms with van der Waals surface area (Å²) >= 11 is 0. The molecule has 2 aliphatic heterocycles. The lowest BCUT2D eigenvalue weighted by atomic mass is 9.86. The summed E-state index contributed by atoms with van der Waals surface area (Å²) in [6, 6.07) is 19.8. The second kappa shape index (κ2) is 13.7. The van der Waals surface area contributed by atoms with Crippen LogP contribution in [0.5, 0.6) is 11.5 Å². The summed E-state index contributed by atoms with van der Waals surface area (Å²) < 4.78 is 12.9. The van der Waals surface area contributed by atoms with Crippen molar-refractivity contribution >= 4 is 28.5 Å². The predicted molar refractivity (Wildman–Crippen MR) is 191 cm³/mol. The topological polar surface area (TPSA) is 154 Å². The summed E-state index contributed by atoms with van der Waals surface area (Å²) in [6.45, 7) is 4.85. The highest BCUT2D eigenvalue weighted by molar-refractivity contribution is 5.98. The minimum absolute atomic E-state index is 0.0327. The summed E-state index contributed by atoms with van der Waals surface area (Å²) in [5.41, 5.74) is 17.1. The van der Waals surface area contributed by atoms with Gasteiger partial charge in [0.1, 0.15) is 29.3 Å². The molecule has 0 amide bonds. The van der Waals surface area contributed by atoms with Crippen LogP contribution < -0.4 is 21.1 Å². The number of nitrogens with two attached hydrogens (primary N) is 2. The van der Waals surface area contributed by atoms with E-state index in [-0.39, 0.29) is 18.1 Å². The Kier molecular flexibility index (Phi) is 8.77. The Morgan fingerprint density at radius 1 is 0.880 bits per heavy atom. The minimum Gasteiger partial charge on any atom is -0.465 e. The van der Waals surface area contributed by atoms with E-state index in [2.05, 4.69) is 29.7 Å². The van der Waals surface area contributed by atoms with Gasteiger partial charge in [0.15, 0.2) is 5.65 Å². The molecule has 3 fully saturated rings. The van der Waals surface area contributed by atoms with Crippen molar-refractivity contribution in [3.05, 3.63) is 84.9 Å². The predicted octanol–water partition coefficient (Wildman–Crippen LogP) is 4.32. The number of hydrogen-bond donors (Lipinski definition) is 2. The molecule has 5 aromatic rings. The van der Waals surface area contributed by atoms with Crippen LogP contribution in [0.3, 0.4) is 0 Å². The van der Waals surface area contributed by atoms with Crippen molar-refractivity contribution in [3.8, 4) is 22.8 Å². The third-order valence-electron chi connectivity index (χ3n) is 10.5. The number of rotatable bonds is 8. The van der Waals surface area contributed by atoms with Crippen LogP contribution in [0.1, 0.15) is 42.1 Å². The molecule has 4 unspecified atom stereocenters. The van der Waals surface area contributed by atoms with Crippen molar-refractivity contribution < 1.29 is 14.3 Å². The van der Waals surface area contributed by atoms with Crippen molar-refractivity contribution in [3.63, 3.8) is 0 Å². The third-order valence-corrected chi connectivity index (χ3v) is 10.5. The number of esters is 1. The molecule has 3 aliphatic rings. The van der Waals surface area contributed by atoms with Gasteiger partial charge in [-0.1, -0.05) is 18.2 Å². The maximum Gasteiger partial charge on any atom is 0.339 e. The van der Waals surface area contributed by atoms with Gasteiger partial charge in [0.05, 0.1) is 42.2 Å². The minimum atomic E-state index is -0.367. The van der Waals surface area contributed by atoms with Gasteiger partial charge in [0.25, 0.3) is 0 Å². The molecule has 2 saturated heterocycles. The Morgan fingerprint density at radius 2 is 1.64 bits per heavy atom. The number of benzene rings is 2. The number of ether oxygens (including phenoxy) is 2. The molecule has 3 aromatic heterocycles. The van der Waals surface area contributed by atoms with E-state index >= 15 is 0 Å². The molecule has 0 radical (unpaired) electrons. The molecule has 0 bridgehead atoms. The zero-order chi connectivity index (χ0) is 34.2. The van der Waals surface area contributed by atoms with E-state index in [9.17, 15) is 4.79 Å². The van der Waals surface area contributed by atoms with Crippen molar-refractivity contribution in [2.45, 2.75) is 50.0 Å². The zero-order valence-electron chi connectivity index (χ0n) is 28.1. The molecule has 258 valence electrons. The molecular weight excluding hydrogens is 632 g/mol. The second-order valence-electron chi connectivity index (χ2n) is 13.3. The molecule has 2 aromatic carbocycles. The number of nitrogens with zero attached hydrogens (tertiary/aromatic N) is 8. The number of carbonyl (C=O) groups excluding carboxylic acids is 1. The van der Waals surface area contributed by atoms with Crippen LogP contribution in [0.4, 0.5) is 11.5 Å². The average molecular weight is 675 g/mol. The maximum atomic E-state index is 12.1. The fourth-order valence-electron chi connectivity index (χ4n) is 7.77. The van der Waals surface area contributed by atoms with E-state index in [4.69, 9.17) is 26.0 Å². The number of carbonyl (C=O) groups is 1. The van der Waals surface area contributed by atoms with Gasteiger partial charge in [-0.2, -0.15) is 5.10 Å². The van der Waals surface area contributed by atoms with Crippen molar-refractivity contribution in [2.75, 3.05) is 50.5 Å². The van der Waals surface area contributed by atoms with Gasteiger partial charge in [-0.25, -0.2) is 19.4 Å². The van der Waals surface area contributed by atoms with Gasteiger partial charge in [-0.15, -0.1) is 0 Å². The van der Waals surface area contributed by atoms with Gasteiger partial charge >= 0.3 is 5.97 Å². The van der Waals surface area contributed by atoms with Crippen LogP contribution >= 0.6 is 0 Å². The molecule has 1 aliphatic carbocycles. The molecule has 13 heteroatoms. The Hall–Kier alpha value is -5.11. The van der Waals surface area contributed by atoms with E-state index < -0.39 is 0 Å². The van der Waals surface area contributed by atoms with Crippen LogP contribution in [0, 0.1) is 0 Å². The highest BCUT2D eigenvalue weighted by Gasteiger charge is 2.39. The van der Waals surface area contributed by atoms with Crippen molar-refractivity contribution in [1.29, 1.82) is 0 Å².